The van der Waals surface area contributed by atoms with E-state index >= 15 is 0 Å². The number of hydrogen-bond donors (Lipinski definition) is 2. The standard InChI is InChI=1S/C20H19ClFN3O5/c1-11(20(26)27)29-5-6-30-18-8-13-16(9-17(18)28-2)23-10-24-19(13)25-12-3-4-15(22)14(21)7-12/h3-4,7-11H,5-6H2,1-2H3,(H,26,27)(H,23,24,25). The van der Waals surface area contributed by atoms with Crippen LogP contribution < -0.4 is 14.8 Å². The number of hydrogen-bond acceptors (Lipinski definition) is 7. The zero-order chi connectivity index (χ0) is 21.7. The Morgan fingerprint density at radius 1 is 1.23 bits per heavy atom. The van der Waals surface area contributed by atoms with Crippen LogP contribution in [0.25, 0.3) is 10.9 Å². The summed E-state index contributed by atoms with van der Waals surface area (Å²) in [7, 11) is 1.50. The highest BCUT2D eigenvalue weighted by atomic mass is 35.5. The number of benzene rings is 2. The first-order valence-corrected chi connectivity index (χ1v) is 9.29. The lowest BCUT2D eigenvalue weighted by Crippen LogP contribution is -2.22. The molecule has 0 saturated heterocycles. The minimum Gasteiger partial charge on any atom is -0.493 e. The first-order valence-electron chi connectivity index (χ1n) is 8.91. The van der Waals surface area contributed by atoms with Crippen molar-refractivity contribution < 1.29 is 28.5 Å². The Kier molecular flexibility index (Phi) is 6.86. The van der Waals surface area contributed by atoms with Crippen LogP contribution in [0.5, 0.6) is 11.5 Å². The lowest BCUT2D eigenvalue weighted by Gasteiger charge is -2.14. The van der Waals surface area contributed by atoms with E-state index in [1.165, 1.54) is 38.6 Å². The molecule has 158 valence electrons. The van der Waals surface area contributed by atoms with Gasteiger partial charge in [0.2, 0.25) is 0 Å². The zero-order valence-electron chi connectivity index (χ0n) is 16.2. The Hall–Kier alpha value is -3.17. The van der Waals surface area contributed by atoms with E-state index in [9.17, 15) is 9.18 Å². The molecule has 1 heterocycles. The molecule has 0 aliphatic heterocycles. The zero-order valence-corrected chi connectivity index (χ0v) is 16.9. The van der Waals surface area contributed by atoms with Crippen LogP contribution >= 0.6 is 11.6 Å². The SMILES string of the molecule is COc1cc2ncnc(Nc3ccc(F)c(Cl)c3)c2cc1OCCOC(C)C(=O)O. The van der Waals surface area contributed by atoms with E-state index in [1.807, 2.05) is 0 Å². The van der Waals surface area contributed by atoms with Gasteiger partial charge >= 0.3 is 5.97 Å². The van der Waals surface area contributed by atoms with Crippen LogP contribution in [0, 0.1) is 5.82 Å². The minimum absolute atomic E-state index is 0.0142. The highest BCUT2D eigenvalue weighted by Crippen LogP contribution is 2.35. The molecule has 0 bridgehead atoms. The highest BCUT2D eigenvalue weighted by molar-refractivity contribution is 6.31. The molecular formula is C20H19ClFN3O5. The maximum Gasteiger partial charge on any atom is 0.332 e. The fraction of sp³-hybridized carbons (Fsp3) is 0.250. The van der Waals surface area contributed by atoms with Crippen LogP contribution in [0.4, 0.5) is 15.9 Å². The predicted octanol–water partition coefficient (Wildman–Crippen LogP) is 4.04. The third-order valence-electron chi connectivity index (χ3n) is 4.16. The van der Waals surface area contributed by atoms with Gasteiger partial charge in [-0.2, -0.15) is 0 Å². The number of carboxylic acid groups (broad SMARTS) is 1. The molecule has 1 unspecified atom stereocenters. The quantitative estimate of drug-likeness (QED) is 0.485. The molecule has 0 aliphatic carbocycles. The summed E-state index contributed by atoms with van der Waals surface area (Å²) < 4.78 is 29.6. The van der Waals surface area contributed by atoms with E-state index in [0.29, 0.717) is 33.9 Å². The Morgan fingerprint density at radius 2 is 2.03 bits per heavy atom. The molecule has 0 radical (unpaired) electrons. The molecule has 0 fully saturated rings. The van der Waals surface area contributed by atoms with Gasteiger partial charge < -0.3 is 24.6 Å². The van der Waals surface area contributed by atoms with Gasteiger partial charge in [-0.25, -0.2) is 19.2 Å². The fourth-order valence-corrected chi connectivity index (χ4v) is 2.77. The average molecular weight is 436 g/mol. The maximum absolute atomic E-state index is 13.4. The molecule has 8 nitrogen and oxygen atoms in total. The van der Waals surface area contributed by atoms with Crippen molar-refractivity contribution in [3.05, 3.63) is 47.5 Å². The van der Waals surface area contributed by atoms with Gasteiger partial charge in [-0.3, -0.25) is 0 Å². The van der Waals surface area contributed by atoms with Crippen molar-refractivity contribution in [3.63, 3.8) is 0 Å². The number of rotatable bonds is 9. The number of nitrogens with one attached hydrogen (secondary N) is 1. The Balaban J connectivity index is 1.84. The maximum atomic E-state index is 13.4. The predicted molar refractivity (Wildman–Crippen MR) is 109 cm³/mol. The van der Waals surface area contributed by atoms with Gasteiger partial charge in [0, 0.05) is 17.1 Å². The number of nitrogens with zero attached hydrogens (tertiary/aromatic N) is 2. The number of aliphatic carboxylic acids is 1. The van der Waals surface area contributed by atoms with E-state index < -0.39 is 17.9 Å². The van der Waals surface area contributed by atoms with Gasteiger partial charge in [-0.1, -0.05) is 11.6 Å². The molecule has 3 aromatic rings. The van der Waals surface area contributed by atoms with Crippen molar-refractivity contribution in [2.45, 2.75) is 13.0 Å². The average Bonchev–Trinajstić information content (AvgIpc) is 2.73. The molecule has 30 heavy (non-hydrogen) atoms. The van der Waals surface area contributed by atoms with Crippen molar-refractivity contribution in [3.8, 4) is 11.5 Å². The van der Waals surface area contributed by atoms with E-state index in [1.54, 1.807) is 12.1 Å². The number of anilines is 2. The van der Waals surface area contributed by atoms with Crippen LogP contribution in [-0.2, 0) is 9.53 Å². The summed E-state index contributed by atoms with van der Waals surface area (Å²) in [5.74, 6) is -0.248. The summed E-state index contributed by atoms with van der Waals surface area (Å²) in [4.78, 5) is 19.3. The highest BCUT2D eigenvalue weighted by Gasteiger charge is 2.14. The van der Waals surface area contributed by atoms with Gasteiger partial charge in [0.1, 0.15) is 24.6 Å². The molecule has 2 aromatic carbocycles. The topological polar surface area (TPSA) is 103 Å². The number of carbonyl (C=O) groups is 1. The van der Waals surface area contributed by atoms with Crippen molar-refractivity contribution in [2.75, 3.05) is 25.6 Å². The Labute approximate surface area is 176 Å². The number of carboxylic acids is 1. The monoisotopic (exact) mass is 435 g/mol. The number of halogens is 2. The van der Waals surface area contributed by atoms with Crippen LogP contribution in [0.3, 0.4) is 0 Å². The van der Waals surface area contributed by atoms with Gasteiger partial charge in [-0.15, -0.1) is 0 Å². The summed E-state index contributed by atoms with van der Waals surface area (Å²) >= 11 is 5.84. The summed E-state index contributed by atoms with van der Waals surface area (Å²) in [6.07, 6.45) is 0.454. The molecule has 10 heteroatoms. The van der Waals surface area contributed by atoms with Gasteiger partial charge in [-0.05, 0) is 31.2 Å². The van der Waals surface area contributed by atoms with E-state index in [-0.39, 0.29) is 18.2 Å². The van der Waals surface area contributed by atoms with Crippen LogP contribution in [-0.4, -0.2) is 47.5 Å². The van der Waals surface area contributed by atoms with Gasteiger partial charge in [0.05, 0.1) is 24.3 Å². The number of fused-ring (bicyclic) bond motifs is 1. The third-order valence-corrected chi connectivity index (χ3v) is 4.45. The molecule has 1 aromatic heterocycles. The smallest absolute Gasteiger partial charge is 0.332 e. The largest absolute Gasteiger partial charge is 0.493 e. The summed E-state index contributed by atoms with van der Waals surface area (Å²) in [5, 5.41) is 12.6. The number of methoxy groups -OCH3 is 1. The van der Waals surface area contributed by atoms with Crippen molar-refractivity contribution in [1.82, 2.24) is 9.97 Å². The van der Waals surface area contributed by atoms with E-state index in [0.717, 1.165) is 0 Å². The van der Waals surface area contributed by atoms with E-state index in [2.05, 4.69) is 15.3 Å². The summed E-state index contributed by atoms with van der Waals surface area (Å²) in [6, 6.07) is 7.63. The first kappa shape index (κ1) is 21.5. The van der Waals surface area contributed by atoms with Crippen LogP contribution in [0.1, 0.15) is 6.92 Å². The van der Waals surface area contributed by atoms with Crippen LogP contribution in [0.2, 0.25) is 5.02 Å². The lowest BCUT2D eigenvalue weighted by molar-refractivity contribution is -0.149. The summed E-state index contributed by atoms with van der Waals surface area (Å²) in [5.41, 5.74) is 1.15. The fourth-order valence-electron chi connectivity index (χ4n) is 2.59. The molecule has 0 spiro atoms. The van der Waals surface area contributed by atoms with Crippen LogP contribution in [0.15, 0.2) is 36.7 Å². The molecule has 1 atom stereocenters. The molecular weight excluding hydrogens is 417 g/mol. The number of ether oxygens (including phenoxy) is 3. The molecule has 2 N–H and O–H groups in total. The second-order valence-corrected chi connectivity index (χ2v) is 6.60. The summed E-state index contributed by atoms with van der Waals surface area (Å²) in [6.45, 7) is 1.64. The normalized spacial score (nSPS) is 11.9. The molecule has 0 aliphatic rings. The first-order chi connectivity index (χ1) is 14.4. The second kappa shape index (κ2) is 9.55. The molecule has 0 saturated carbocycles. The van der Waals surface area contributed by atoms with Crippen molar-refractivity contribution >= 4 is 40.0 Å². The lowest BCUT2D eigenvalue weighted by atomic mass is 10.2. The number of aromatic nitrogens is 2. The van der Waals surface area contributed by atoms with Crippen molar-refractivity contribution in [2.24, 2.45) is 0 Å². The van der Waals surface area contributed by atoms with E-state index in [4.69, 9.17) is 30.9 Å². The Bertz CT molecular complexity index is 1070. The second-order valence-electron chi connectivity index (χ2n) is 6.20. The minimum atomic E-state index is -1.05. The van der Waals surface area contributed by atoms with Crippen molar-refractivity contribution in [1.29, 1.82) is 0 Å². The molecule has 3 rings (SSSR count). The van der Waals surface area contributed by atoms with Gasteiger partial charge in [0.15, 0.2) is 17.6 Å². The Morgan fingerprint density at radius 3 is 2.73 bits per heavy atom. The third kappa shape index (κ3) is 5.05. The van der Waals surface area contributed by atoms with Gasteiger partial charge in [0.25, 0.3) is 0 Å². The molecule has 0 amide bonds.